The van der Waals surface area contributed by atoms with Crippen molar-refractivity contribution in [3.8, 4) is 0 Å². The van der Waals surface area contributed by atoms with E-state index >= 15 is 0 Å². The molecule has 2 aromatic rings. The Morgan fingerprint density at radius 1 is 1.22 bits per heavy atom. The molecule has 2 aliphatic heterocycles. The summed E-state index contributed by atoms with van der Waals surface area (Å²) >= 11 is 0. The van der Waals surface area contributed by atoms with Gasteiger partial charge in [-0.3, -0.25) is 14.4 Å². The number of halogens is 2. The minimum atomic E-state index is -1.34. The summed E-state index contributed by atoms with van der Waals surface area (Å²) in [5.74, 6) is -1.38. The van der Waals surface area contributed by atoms with Gasteiger partial charge in [-0.05, 0) is 30.0 Å². The molecule has 7 nitrogen and oxygen atoms in total. The van der Waals surface area contributed by atoms with Crippen LogP contribution < -0.4 is 16.2 Å². The van der Waals surface area contributed by atoms with Gasteiger partial charge in [0.15, 0.2) is 5.95 Å². The number of dihydropyridines is 1. The van der Waals surface area contributed by atoms with Gasteiger partial charge in [-0.2, -0.15) is 4.39 Å². The van der Waals surface area contributed by atoms with E-state index in [9.17, 15) is 23.2 Å². The fourth-order valence-electron chi connectivity index (χ4n) is 4.83. The molecule has 37 heavy (non-hydrogen) atoms. The predicted molar refractivity (Wildman–Crippen MR) is 137 cm³/mol. The smallest absolute Gasteiger partial charge is 0.250 e. The Kier molecular flexibility index (Phi) is 7.90. The van der Waals surface area contributed by atoms with E-state index < -0.39 is 42.1 Å². The molecule has 0 radical (unpaired) electrons. The second-order valence-corrected chi connectivity index (χ2v) is 9.94. The Morgan fingerprint density at radius 2 is 1.95 bits per heavy atom. The molecule has 0 bridgehead atoms. The fourth-order valence-corrected chi connectivity index (χ4v) is 4.83. The van der Waals surface area contributed by atoms with Gasteiger partial charge in [-0.15, -0.1) is 0 Å². The van der Waals surface area contributed by atoms with Gasteiger partial charge < -0.3 is 20.5 Å². The van der Waals surface area contributed by atoms with Crippen molar-refractivity contribution in [2.24, 2.45) is 5.92 Å². The fraction of sp³-hybridized carbons (Fsp3) is 0.393. The van der Waals surface area contributed by atoms with Crippen LogP contribution in [0.5, 0.6) is 0 Å². The predicted octanol–water partition coefficient (Wildman–Crippen LogP) is 3.39. The second kappa shape index (κ2) is 11.1. The molecule has 1 fully saturated rings. The number of benzene rings is 1. The maximum absolute atomic E-state index is 14.8. The molecule has 1 unspecified atom stereocenters. The molecule has 9 heteroatoms. The summed E-state index contributed by atoms with van der Waals surface area (Å²) < 4.78 is 29.3. The third kappa shape index (κ3) is 5.98. The van der Waals surface area contributed by atoms with Crippen LogP contribution in [0.3, 0.4) is 0 Å². The normalized spacial score (nSPS) is 22.2. The average Bonchev–Trinajstić information content (AvgIpc) is 3.27. The van der Waals surface area contributed by atoms with Crippen molar-refractivity contribution in [1.82, 2.24) is 20.5 Å². The highest BCUT2D eigenvalue weighted by Gasteiger charge is 2.41. The van der Waals surface area contributed by atoms with Gasteiger partial charge in [0.25, 0.3) is 5.56 Å². The van der Waals surface area contributed by atoms with Gasteiger partial charge >= 0.3 is 0 Å². The Balaban J connectivity index is 1.53. The van der Waals surface area contributed by atoms with E-state index in [0.717, 1.165) is 5.56 Å². The van der Waals surface area contributed by atoms with Crippen molar-refractivity contribution in [3.05, 3.63) is 93.3 Å². The minimum Gasteiger partial charge on any atom is -0.353 e. The van der Waals surface area contributed by atoms with Crippen LogP contribution in [0.15, 0.2) is 71.1 Å². The maximum atomic E-state index is 14.8. The zero-order chi connectivity index (χ0) is 26.7. The topological polar surface area (TPSA) is 94.3 Å². The van der Waals surface area contributed by atoms with Gasteiger partial charge in [0.1, 0.15) is 12.2 Å². The molecule has 1 aromatic heterocycles. The number of aromatic amines is 1. The van der Waals surface area contributed by atoms with E-state index in [1.807, 2.05) is 50.3 Å². The molecular weight excluding hydrogens is 478 g/mol. The Morgan fingerprint density at radius 3 is 2.59 bits per heavy atom. The number of carbonyl (C=O) groups is 2. The summed E-state index contributed by atoms with van der Waals surface area (Å²) in [6, 6.07) is 8.51. The second-order valence-electron chi connectivity index (χ2n) is 9.94. The van der Waals surface area contributed by atoms with Crippen LogP contribution >= 0.6 is 0 Å². The summed E-state index contributed by atoms with van der Waals surface area (Å²) in [6.07, 6.45) is 3.45. The first-order valence-corrected chi connectivity index (χ1v) is 12.5. The number of aromatic nitrogens is 1. The summed E-state index contributed by atoms with van der Waals surface area (Å²) in [6.45, 7) is 5.23. The van der Waals surface area contributed by atoms with Crippen LogP contribution in [-0.4, -0.2) is 46.5 Å². The zero-order valence-corrected chi connectivity index (χ0v) is 21.1. The molecule has 196 valence electrons. The van der Waals surface area contributed by atoms with E-state index in [1.54, 1.807) is 19.1 Å². The van der Waals surface area contributed by atoms with Crippen molar-refractivity contribution >= 4 is 11.8 Å². The van der Waals surface area contributed by atoms with Crippen molar-refractivity contribution in [2.75, 3.05) is 6.54 Å². The third-order valence-corrected chi connectivity index (χ3v) is 6.84. The van der Waals surface area contributed by atoms with E-state index in [4.69, 9.17) is 0 Å². The number of rotatable bonds is 7. The standard InChI is InChI=1S/C28H32F2N4O3/c1-16(2)21-9-10-22(32-26(21)30)25(19-7-5-4-6-8-19)33-28(37)23-13-20(29)15-34(23)24(35)12-18-11-17(3)27(36)31-14-18/h4-11,14,16,20,22-23,25,32H,12-13,15H2,1-3H3,(H,31,36)(H,33,37)/t20-,22?,23+,25+/m1/s1. The lowest BCUT2D eigenvalue weighted by molar-refractivity contribution is -0.138. The van der Waals surface area contributed by atoms with Crippen LogP contribution in [0.4, 0.5) is 8.78 Å². The van der Waals surface area contributed by atoms with E-state index in [-0.39, 0.29) is 30.9 Å². The number of nitrogens with zero attached hydrogens (tertiary/aromatic N) is 1. The molecule has 0 aliphatic carbocycles. The highest BCUT2D eigenvalue weighted by Crippen LogP contribution is 2.28. The van der Waals surface area contributed by atoms with Crippen molar-refractivity contribution < 1.29 is 18.4 Å². The molecule has 1 aromatic carbocycles. The SMILES string of the molecule is Cc1cc(CC(=O)N2C[C@H](F)C[C@H]2C(=O)N[C@@H](c2ccccc2)C2C=CC(C(C)C)=C(F)N2)c[nH]c1=O. The number of carbonyl (C=O) groups excluding carboxylic acids is 2. The lowest BCUT2D eigenvalue weighted by Crippen LogP contribution is -2.51. The summed E-state index contributed by atoms with van der Waals surface area (Å²) in [5.41, 5.74) is 2.08. The number of pyridine rings is 1. The number of H-pyrrole nitrogens is 1. The van der Waals surface area contributed by atoms with Gasteiger partial charge in [-0.25, -0.2) is 4.39 Å². The highest BCUT2D eigenvalue weighted by atomic mass is 19.1. The molecular formula is C28H32F2N4O3. The quantitative estimate of drug-likeness (QED) is 0.498. The molecule has 4 rings (SSSR count). The van der Waals surface area contributed by atoms with E-state index in [2.05, 4.69) is 15.6 Å². The molecule has 3 N–H and O–H groups in total. The summed E-state index contributed by atoms with van der Waals surface area (Å²) in [7, 11) is 0. The number of allylic oxidation sites excluding steroid dienone is 2. The van der Waals surface area contributed by atoms with E-state index in [0.29, 0.717) is 16.7 Å². The van der Waals surface area contributed by atoms with Gasteiger partial charge in [-0.1, -0.05) is 56.3 Å². The van der Waals surface area contributed by atoms with Gasteiger partial charge in [0.2, 0.25) is 11.8 Å². The van der Waals surface area contributed by atoms with Crippen LogP contribution in [0.1, 0.15) is 43.0 Å². The van der Waals surface area contributed by atoms with Gasteiger partial charge in [0.05, 0.1) is 25.0 Å². The number of amides is 2. The molecule has 1 saturated heterocycles. The summed E-state index contributed by atoms with van der Waals surface area (Å²) in [4.78, 5) is 42.0. The number of aryl methyl sites for hydroxylation is 1. The molecule has 0 saturated carbocycles. The number of hydrogen-bond acceptors (Lipinski definition) is 4. The van der Waals surface area contributed by atoms with Crippen molar-refractivity contribution in [1.29, 1.82) is 0 Å². The lowest BCUT2D eigenvalue weighted by atomic mass is 9.93. The number of likely N-dealkylation sites (tertiary alicyclic amines) is 1. The Hall–Kier alpha value is -3.75. The maximum Gasteiger partial charge on any atom is 0.250 e. The van der Waals surface area contributed by atoms with Gasteiger partial charge in [0, 0.05) is 23.8 Å². The largest absolute Gasteiger partial charge is 0.353 e. The van der Waals surface area contributed by atoms with Crippen molar-refractivity contribution in [3.63, 3.8) is 0 Å². The molecule has 3 heterocycles. The number of alkyl halides is 1. The van der Waals surface area contributed by atoms with Crippen LogP contribution in [0.2, 0.25) is 0 Å². The molecule has 0 spiro atoms. The first-order chi connectivity index (χ1) is 17.6. The Labute approximate surface area is 214 Å². The number of nitrogens with one attached hydrogen (secondary N) is 3. The molecule has 2 amide bonds. The first-order valence-electron chi connectivity index (χ1n) is 12.5. The van der Waals surface area contributed by atoms with Crippen LogP contribution in [-0.2, 0) is 16.0 Å². The van der Waals surface area contributed by atoms with Crippen LogP contribution in [0.25, 0.3) is 0 Å². The zero-order valence-electron chi connectivity index (χ0n) is 21.1. The Bertz CT molecular complexity index is 1270. The number of hydrogen-bond donors (Lipinski definition) is 3. The molecule has 4 atom stereocenters. The third-order valence-electron chi connectivity index (χ3n) is 6.84. The van der Waals surface area contributed by atoms with Crippen LogP contribution in [0, 0.1) is 12.8 Å². The van der Waals surface area contributed by atoms with E-state index in [1.165, 1.54) is 11.1 Å². The highest BCUT2D eigenvalue weighted by molar-refractivity contribution is 5.89. The van der Waals surface area contributed by atoms with Crippen molar-refractivity contribution in [2.45, 2.75) is 57.9 Å². The summed E-state index contributed by atoms with van der Waals surface area (Å²) in [5, 5.41) is 5.80. The molecule has 2 aliphatic rings. The average molecular weight is 511 g/mol. The monoisotopic (exact) mass is 510 g/mol. The first kappa shape index (κ1) is 26.3. The lowest BCUT2D eigenvalue weighted by Gasteiger charge is -2.32. The minimum absolute atomic E-state index is 0.0137.